The molecule has 3 rings (SSSR count). The lowest BCUT2D eigenvalue weighted by Gasteiger charge is -2.17. The molecule has 0 spiro atoms. The average Bonchev–Trinajstić information content (AvgIpc) is 3.12. The number of hydrogen-bond acceptors (Lipinski definition) is 3. The summed E-state index contributed by atoms with van der Waals surface area (Å²) in [5.74, 6) is 0. The van der Waals surface area contributed by atoms with Gasteiger partial charge in [-0.3, -0.25) is 0 Å². The highest BCUT2D eigenvalue weighted by molar-refractivity contribution is 7.69. The molecule has 0 saturated carbocycles. The third-order valence-corrected chi connectivity index (χ3v) is 3.93. The molecule has 0 amide bonds. The molecule has 15 heteroatoms. The second-order valence-corrected chi connectivity index (χ2v) is 6.77. The number of halogens is 9. The van der Waals surface area contributed by atoms with Crippen LogP contribution >= 0.6 is 0 Å². The molecule has 0 saturated heterocycles. The van der Waals surface area contributed by atoms with Crippen LogP contribution in [0.25, 0.3) is 16.9 Å². The van der Waals surface area contributed by atoms with Gasteiger partial charge in [0.05, 0.1) is 22.5 Å². The van der Waals surface area contributed by atoms with Gasteiger partial charge in [-0.25, -0.2) is 18.2 Å². The number of benzene rings is 2. The maximum absolute atomic E-state index is 13.4. The van der Waals surface area contributed by atoms with Crippen LogP contribution in [0.15, 0.2) is 54.6 Å². The maximum Gasteiger partial charge on any atom is 0.435 e. The zero-order chi connectivity index (χ0) is 25.2. The first-order valence-corrected chi connectivity index (χ1v) is 9.67. The third kappa shape index (κ3) is 6.71. The Balaban J connectivity index is 0.000000890. The van der Waals surface area contributed by atoms with Crippen molar-refractivity contribution in [2.45, 2.75) is 18.5 Å². The summed E-state index contributed by atoms with van der Waals surface area (Å²) < 4.78 is 137. The van der Waals surface area contributed by atoms with Crippen molar-refractivity contribution in [3.8, 4) is 16.9 Å². The number of nitrogens with two attached hydrogens (primary N) is 1. The fourth-order valence-electron chi connectivity index (χ4n) is 2.66. The van der Waals surface area contributed by atoms with Gasteiger partial charge in [-0.05, 0) is 36.4 Å². The van der Waals surface area contributed by atoms with Gasteiger partial charge in [0.2, 0.25) is 0 Å². The molecule has 5 nitrogen and oxygen atoms in total. The van der Waals surface area contributed by atoms with Crippen molar-refractivity contribution in [2.24, 2.45) is 5.14 Å². The minimum atomic E-state index is -5.11. The van der Waals surface area contributed by atoms with Crippen LogP contribution in [-0.2, 0) is 29.4 Å². The molecule has 2 N–H and O–H groups in total. The first kappa shape index (κ1) is 26.2. The fraction of sp³-hybridized carbons (Fsp3) is 0.167. The molecule has 0 aliphatic carbocycles. The van der Waals surface area contributed by atoms with E-state index in [0.717, 1.165) is 0 Å². The van der Waals surface area contributed by atoms with Crippen molar-refractivity contribution in [1.29, 1.82) is 0 Å². The van der Waals surface area contributed by atoms with Gasteiger partial charge in [-0.15, -0.1) is 0 Å². The van der Waals surface area contributed by atoms with Gasteiger partial charge in [0.1, 0.15) is 0 Å². The monoisotopic (exact) mass is 505 g/mol. The third-order valence-electron chi connectivity index (χ3n) is 3.93. The van der Waals surface area contributed by atoms with Crippen molar-refractivity contribution < 1.29 is 47.9 Å². The van der Waals surface area contributed by atoms with Crippen molar-refractivity contribution in [3.05, 3.63) is 71.4 Å². The maximum atomic E-state index is 13.4. The van der Waals surface area contributed by atoms with E-state index in [4.69, 9.17) is 8.42 Å². The Morgan fingerprint density at radius 2 is 1.30 bits per heavy atom. The number of hydrogen-bond donors (Lipinski definition) is 2. The molecule has 2 aromatic carbocycles. The summed E-state index contributed by atoms with van der Waals surface area (Å²) in [7, 11) is -2.62. The summed E-state index contributed by atoms with van der Waals surface area (Å²) in [5, 5.41) is 7.35. The lowest BCUT2D eigenvalue weighted by atomic mass is 10.00. The van der Waals surface area contributed by atoms with Crippen molar-refractivity contribution in [2.75, 3.05) is 0 Å². The molecule has 33 heavy (non-hydrogen) atoms. The fourth-order valence-corrected chi connectivity index (χ4v) is 2.66. The second-order valence-electron chi connectivity index (χ2n) is 6.20. The van der Waals surface area contributed by atoms with E-state index < -0.39 is 57.5 Å². The molecule has 0 aliphatic rings. The molecule has 0 atom stereocenters. The van der Waals surface area contributed by atoms with Gasteiger partial charge in [0.15, 0.2) is 16.6 Å². The lowest BCUT2D eigenvalue weighted by Crippen LogP contribution is -2.12. The number of aromatic nitrogens is 2. The zero-order valence-corrected chi connectivity index (χ0v) is 16.7. The van der Waals surface area contributed by atoms with Crippen LogP contribution in [-0.4, -0.2) is 18.2 Å². The summed E-state index contributed by atoms with van der Waals surface area (Å²) in [5.41, 5.74) is -6.39. The summed E-state index contributed by atoms with van der Waals surface area (Å²) >= 11 is 0. The van der Waals surface area contributed by atoms with Crippen LogP contribution in [0.5, 0.6) is 0 Å². The Kier molecular flexibility index (Phi) is 7.48. The van der Waals surface area contributed by atoms with Gasteiger partial charge in [-0.2, -0.15) is 44.6 Å². The SMILES string of the molecule is FC(F)(F)c1ccc(C(F)(F)F)c(-c2cc(C(F)(F)F)nn2-c2ccccc2)c1.N[SH](=O)=O. The van der Waals surface area contributed by atoms with Crippen LogP contribution < -0.4 is 5.14 Å². The molecule has 0 bridgehead atoms. The first-order chi connectivity index (χ1) is 15.0. The van der Waals surface area contributed by atoms with Crippen molar-refractivity contribution in [1.82, 2.24) is 9.78 Å². The van der Waals surface area contributed by atoms with Crippen LogP contribution in [0.4, 0.5) is 39.5 Å². The molecule has 0 aliphatic heterocycles. The van der Waals surface area contributed by atoms with Gasteiger partial charge in [0, 0.05) is 5.56 Å². The Hall–Kier alpha value is -3.07. The predicted molar refractivity (Wildman–Crippen MR) is 98.5 cm³/mol. The van der Waals surface area contributed by atoms with Gasteiger partial charge in [0.25, 0.3) is 0 Å². The second kappa shape index (κ2) is 9.43. The van der Waals surface area contributed by atoms with Crippen LogP contribution in [0.1, 0.15) is 16.8 Å². The Bertz CT molecular complexity index is 1170. The van der Waals surface area contributed by atoms with Crippen LogP contribution in [0.2, 0.25) is 0 Å². The number of nitrogens with zero attached hydrogens (tertiary/aromatic N) is 2. The summed E-state index contributed by atoms with van der Waals surface area (Å²) in [4.78, 5) is 0. The van der Waals surface area contributed by atoms with E-state index in [9.17, 15) is 39.5 Å². The summed E-state index contributed by atoms with van der Waals surface area (Å²) in [6, 6.07) is 7.68. The number of thiol groups is 1. The normalized spacial score (nSPS) is 12.5. The standard InChI is InChI=1S/C18H9F9N2.H3NO2S/c19-16(20,21)10-6-7-13(17(22,23)24)12(8-10)14-9-15(18(25,26)27)28-29(14)11-4-2-1-3-5-11;1-4(2)3/h1-9H;4H,(H2,1,2,3). The van der Waals surface area contributed by atoms with E-state index in [-0.39, 0.29) is 30.0 Å². The van der Waals surface area contributed by atoms with Gasteiger partial charge < -0.3 is 0 Å². The van der Waals surface area contributed by atoms with Crippen molar-refractivity contribution >= 4 is 10.9 Å². The van der Waals surface area contributed by atoms with Crippen LogP contribution in [0, 0.1) is 0 Å². The van der Waals surface area contributed by atoms with Gasteiger partial charge >= 0.3 is 18.5 Å². The predicted octanol–water partition coefficient (Wildman–Crippen LogP) is 5.07. The van der Waals surface area contributed by atoms with E-state index in [1.165, 1.54) is 30.3 Å². The summed E-state index contributed by atoms with van der Waals surface area (Å²) in [6.07, 6.45) is -15.1. The summed E-state index contributed by atoms with van der Waals surface area (Å²) in [6.45, 7) is 0. The topological polar surface area (TPSA) is 78.0 Å². The van der Waals surface area contributed by atoms with Crippen molar-refractivity contribution in [3.63, 3.8) is 0 Å². The minimum absolute atomic E-state index is 0.0523. The molecule has 3 aromatic rings. The molecule has 180 valence electrons. The van der Waals surface area contributed by atoms with E-state index in [1.807, 2.05) is 0 Å². The van der Waals surface area contributed by atoms with Crippen LogP contribution in [0.3, 0.4) is 0 Å². The van der Waals surface area contributed by atoms with Gasteiger partial charge in [-0.1, -0.05) is 18.2 Å². The molecule has 0 fully saturated rings. The van der Waals surface area contributed by atoms with E-state index in [0.29, 0.717) is 4.68 Å². The highest BCUT2D eigenvalue weighted by atomic mass is 32.2. The van der Waals surface area contributed by atoms with E-state index >= 15 is 0 Å². The zero-order valence-electron chi connectivity index (χ0n) is 15.8. The molecule has 0 unspecified atom stereocenters. The number of alkyl halides is 9. The number of rotatable bonds is 2. The van der Waals surface area contributed by atoms with E-state index in [1.54, 1.807) is 0 Å². The number of para-hydroxylation sites is 1. The molecule has 1 aromatic heterocycles. The Labute approximate surface area is 181 Å². The first-order valence-electron chi connectivity index (χ1n) is 8.42. The highest BCUT2D eigenvalue weighted by Crippen LogP contribution is 2.42. The van der Waals surface area contributed by atoms with E-state index in [2.05, 4.69) is 10.2 Å². The minimum Gasteiger partial charge on any atom is -0.232 e. The highest BCUT2D eigenvalue weighted by Gasteiger charge is 2.40. The molecular weight excluding hydrogens is 493 g/mol. The molecular formula is C18H12F9N3O2S. The lowest BCUT2D eigenvalue weighted by molar-refractivity contribution is -0.141. The Morgan fingerprint density at radius 1 is 0.758 bits per heavy atom. The molecule has 1 heterocycles. The smallest absolute Gasteiger partial charge is 0.232 e. The average molecular weight is 505 g/mol. The molecule has 0 radical (unpaired) electrons. The Morgan fingerprint density at radius 3 is 1.76 bits per heavy atom. The largest absolute Gasteiger partial charge is 0.435 e. The quantitative estimate of drug-likeness (QED) is 0.377.